The average molecular weight is 338 g/mol. The molecule has 1 heterocycles. The number of rotatable bonds is 7. The first kappa shape index (κ1) is 17.0. The summed E-state index contributed by atoms with van der Waals surface area (Å²) in [4.78, 5) is 23.3. The second kappa shape index (κ2) is 8.33. The Labute approximate surface area is 147 Å². The Hall–Kier alpha value is -2.82. The number of amides is 2. The van der Waals surface area contributed by atoms with Crippen molar-refractivity contribution in [2.24, 2.45) is 0 Å². The van der Waals surface area contributed by atoms with Gasteiger partial charge in [0.15, 0.2) is 0 Å². The van der Waals surface area contributed by atoms with Gasteiger partial charge < -0.3 is 15.4 Å². The molecular formula is C20H22N2O3. The van der Waals surface area contributed by atoms with Gasteiger partial charge in [0.1, 0.15) is 5.75 Å². The van der Waals surface area contributed by atoms with Crippen LogP contribution in [0, 0.1) is 0 Å². The quantitative estimate of drug-likeness (QED) is 0.763. The van der Waals surface area contributed by atoms with Gasteiger partial charge in [-0.2, -0.15) is 0 Å². The third-order valence-corrected chi connectivity index (χ3v) is 4.11. The van der Waals surface area contributed by atoms with Crippen LogP contribution in [-0.2, 0) is 22.6 Å². The third kappa shape index (κ3) is 5.08. The number of ether oxygens (including phenoxy) is 1. The van der Waals surface area contributed by atoms with E-state index in [1.54, 1.807) is 0 Å². The number of nitrogens with one attached hydrogen (secondary N) is 2. The Morgan fingerprint density at radius 1 is 1.12 bits per heavy atom. The highest BCUT2D eigenvalue weighted by Crippen LogP contribution is 2.23. The van der Waals surface area contributed by atoms with E-state index in [0.717, 1.165) is 29.0 Å². The van der Waals surface area contributed by atoms with Crippen molar-refractivity contribution in [3.8, 4) is 5.75 Å². The molecule has 2 amide bonds. The fourth-order valence-corrected chi connectivity index (χ4v) is 2.78. The van der Waals surface area contributed by atoms with E-state index in [0.29, 0.717) is 32.4 Å². The molecule has 0 saturated heterocycles. The van der Waals surface area contributed by atoms with Crippen LogP contribution in [0.2, 0.25) is 0 Å². The van der Waals surface area contributed by atoms with E-state index in [-0.39, 0.29) is 11.8 Å². The minimum atomic E-state index is 0.0164. The van der Waals surface area contributed by atoms with Crippen molar-refractivity contribution in [2.75, 3.05) is 11.9 Å². The van der Waals surface area contributed by atoms with Crippen LogP contribution >= 0.6 is 0 Å². The van der Waals surface area contributed by atoms with Crippen molar-refractivity contribution in [3.63, 3.8) is 0 Å². The Morgan fingerprint density at radius 3 is 2.80 bits per heavy atom. The topological polar surface area (TPSA) is 67.4 Å². The normalized spacial score (nSPS) is 12.9. The highest BCUT2D eigenvalue weighted by atomic mass is 16.5. The Morgan fingerprint density at radius 2 is 1.96 bits per heavy atom. The van der Waals surface area contributed by atoms with E-state index in [1.165, 1.54) is 0 Å². The van der Waals surface area contributed by atoms with E-state index in [1.807, 2.05) is 48.5 Å². The van der Waals surface area contributed by atoms with Crippen molar-refractivity contribution in [3.05, 3.63) is 59.7 Å². The summed E-state index contributed by atoms with van der Waals surface area (Å²) < 4.78 is 5.58. The number of benzene rings is 2. The number of fused-ring (bicyclic) bond motifs is 1. The molecule has 0 aromatic heterocycles. The van der Waals surface area contributed by atoms with Gasteiger partial charge in [-0.25, -0.2) is 0 Å². The second-order valence-corrected chi connectivity index (χ2v) is 6.08. The lowest BCUT2D eigenvalue weighted by atomic mass is 10.0. The summed E-state index contributed by atoms with van der Waals surface area (Å²) >= 11 is 0. The number of hydrogen-bond donors (Lipinski definition) is 2. The molecule has 0 aliphatic carbocycles. The first-order valence-corrected chi connectivity index (χ1v) is 8.57. The van der Waals surface area contributed by atoms with Gasteiger partial charge in [0, 0.05) is 25.1 Å². The molecular weight excluding hydrogens is 316 g/mol. The molecule has 1 aliphatic rings. The van der Waals surface area contributed by atoms with Crippen LogP contribution in [0.15, 0.2) is 48.5 Å². The number of hydrogen-bond acceptors (Lipinski definition) is 3. The lowest BCUT2D eigenvalue weighted by Gasteiger charge is -2.17. The van der Waals surface area contributed by atoms with Gasteiger partial charge in [-0.15, -0.1) is 0 Å². The second-order valence-electron chi connectivity index (χ2n) is 6.08. The highest BCUT2D eigenvalue weighted by molar-refractivity contribution is 5.93. The number of aryl methyl sites for hydroxylation is 1. The molecule has 0 spiro atoms. The third-order valence-electron chi connectivity index (χ3n) is 4.11. The van der Waals surface area contributed by atoms with Crippen LogP contribution in [0.5, 0.6) is 5.75 Å². The predicted octanol–water partition coefficient (Wildman–Crippen LogP) is 3.05. The van der Waals surface area contributed by atoms with Crippen LogP contribution in [-0.4, -0.2) is 18.4 Å². The first-order valence-electron chi connectivity index (χ1n) is 8.57. The van der Waals surface area contributed by atoms with E-state index in [9.17, 15) is 9.59 Å². The molecule has 0 bridgehead atoms. The minimum absolute atomic E-state index is 0.0164. The molecule has 2 aromatic rings. The lowest BCUT2D eigenvalue weighted by molar-refractivity contribution is -0.121. The van der Waals surface area contributed by atoms with Crippen molar-refractivity contribution in [1.29, 1.82) is 0 Å². The van der Waals surface area contributed by atoms with Gasteiger partial charge in [0.2, 0.25) is 11.8 Å². The molecule has 25 heavy (non-hydrogen) atoms. The molecule has 0 atom stereocenters. The van der Waals surface area contributed by atoms with E-state index in [2.05, 4.69) is 10.6 Å². The smallest absolute Gasteiger partial charge is 0.224 e. The minimum Gasteiger partial charge on any atom is -0.494 e. The zero-order chi connectivity index (χ0) is 17.5. The summed E-state index contributed by atoms with van der Waals surface area (Å²) in [6, 6.07) is 15.5. The highest BCUT2D eigenvalue weighted by Gasteiger charge is 2.14. The number of carbonyl (C=O) groups excluding carboxylic acids is 2. The summed E-state index contributed by atoms with van der Waals surface area (Å²) in [6.07, 6.45) is 2.38. The van der Waals surface area contributed by atoms with E-state index < -0.39 is 0 Å². The molecule has 3 rings (SSSR count). The molecule has 0 radical (unpaired) electrons. The molecule has 2 N–H and O–H groups in total. The fraction of sp³-hybridized carbons (Fsp3) is 0.300. The average Bonchev–Trinajstić information content (AvgIpc) is 2.64. The fourth-order valence-electron chi connectivity index (χ4n) is 2.78. The summed E-state index contributed by atoms with van der Waals surface area (Å²) in [5, 5.41) is 5.79. The zero-order valence-corrected chi connectivity index (χ0v) is 14.1. The number of carbonyl (C=O) groups is 2. The maximum absolute atomic E-state index is 11.9. The summed E-state index contributed by atoms with van der Waals surface area (Å²) in [7, 11) is 0. The number of para-hydroxylation sites is 1. The van der Waals surface area contributed by atoms with Gasteiger partial charge in [0.05, 0.1) is 6.61 Å². The van der Waals surface area contributed by atoms with Gasteiger partial charge in [0.25, 0.3) is 0 Å². The molecule has 1 aliphatic heterocycles. The van der Waals surface area contributed by atoms with Crippen molar-refractivity contribution >= 4 is 17.5 Å². The number of anilines is 1. The largest absolute Gasteiger partial charge is 0.494 e. The van der Waals surface area contributed by atoms with Gasteiger partial charge in [-0.1, -0.05) is 30.3 Å². The van der Waals surface area contributed by atoms with Crippen molar-refractivity contribution in [1.82, 2.24) is 5.32 Å². The predicted molar refractivity (Wildman–Crippen MR) is 96.4 cm³/mol. The van der Waals surface area contributed by atoms with Crippen LogP contribution in [0.3, 0.4) is 0 Å². The van der Waals surface area contributed by atoms with Gasteiger partial charge in [-0.05, 0) is 42.2 Å². The zero-order valence-electron chi connectivity index (χ0n) is 14.1. The first-order chi connectivity index (χ1) is 12.2. The molecule has 130 valence electrons. The molecule has 0 unspecified atom stereocenters. The monoisotopic (exact) mass is 338 g/mol. The van der Waals surface area contributed by atoms with Crippen LogP contribution in [0.4, 0.5) is 5.69 Å². The van der Waals surface area contributed by atoms with Crippen LogP contribution < -0.4 is 15.4 Å². The molecule has 5 heteroatoms. The molecule has 0 fully saturated rings. The van der Waals surface area contributed by atoms with Gasteiger partial charge in [-0.3, -0.25) is 9.59 Å². The van der Waals surface area contributed by atoms with E-state index in [4.69, 9.17) is 4.74 Å². The van der Waals surface area contributed by atoms with Gasteiger partial charge >= 0.3 is 0 Å². The summed E-state index contributed by atoms with van der Waals surface area (Å²) in [5.74, 6) is 0.901. The summed E-state index contributed by atoms with van der Waals surface area (Å²) in [5.41, 5.74) is 3.05. The van der Waals surface area contributed by atoms with Crippen LogP contribution in [0.25, 0.3) is 0 Å². The maximum atomic E-state index is 11.9. The maximum Gasteiger partial charge on any atom is 0.224 e. The molecule has 5 nitrogen and oxygen atoms in total. The SMILES string of the molecule is O=C(CCCOc1ccccc1)NCc1ccc2c(c1)CCC(=O)N2. The Kier molecular flexibility index (Phi) is 5.67. The Balaban J connectivity index is 1.38. The summed E-state index contributed by atoms with van der Waals surface area (Å²) in [6.45, 7) is 1.02. The molecule has 0 saturated carbocycles. The standard InChI is InChI=1S/C20H22N2O3/c23-19(7-4-12-25-17-5-2-1-3-6-17)21-14-15-8-10-18-16(13-15)9-11-20(24)22-18/h1-3,5-6,8,10,13H,4,7,9,11-12,14H2,(H,21,23)(H,22,24). The van der Waals surface area contributed by atoms with E-state index >= 15 is 0 Å². The Bertz CT molecular complexity index is 744. The van der Waals surface area contributed by atoms with Crippen LogP contribution in [0.1, 0.15) is 30.4 Å². The van der Waals surface area contributed by atoms with Crippen molar-refractivity contribution in [2.45, 2.75) is 32.2 Å². The molecule has 2 aromatic carbocycles. The lowest BCUT2D eigenvalue weighted by Crippen LogP contribution is -2.23. The van der Waals surface area contributed by atoms with Crippen molar-refractivity contribution < 1.29 is 14.3 Å².